The molecule has 5 nitrogen and oxygen atoms in total. The highest BCUT2D eigenvalue weighted by atomic mass is 16.4. The Morgan fingerprint density at radius 3 is 3.00 bits per heavy atom. The summed E-state index contributed by atoms with van der Waals surface area (Å²) in [5.41, 5.74) is 1.49. The predicted octanol–water partition coefficient (Wildman–Crippen LogP) is 1.72. The van der Waals surface area contributed by atoms with Gasteiger partial charge in [0.1, 0.15) is 0 Å². The minimum Gasteiger partial charge on any atom is -0.481 e. The molecular formula is C14H18N2O3. The van der Waals surface area contributed by atoms with E-state index in [9.17, 15) is 9.59 Å². The summed E-state index contributed by atoms with van der Waals surface area (Å²) in [5, 5.41) is 8.67. The molecule has 0 radical (unpaired) electrons. The van der Waals surface area contributed by atoms with Crippen molar-refractivity contribution in [1.82, 2.24) is 9.88 Å². The van der Waals surface area contributed by atoms with Crippen LogP contribution in [0.25, 0.3) is 0 Å². The molecule has 2 heterocycles. The summed E-state index contributed by atoms with van der Waals surface area (Å²) in [4.78, 5) is 28.7. The van der Waals surface area contributed by atoms with Crippen LogP contribution in [0, 0.1) is 12.8 Å². The second-order valence-electron chi connectivity index (χ2n) is 5.02. The smallest absolute Gasteiger partial charge is 0.303 e. The minimum absolute atomic E-state index is 0.0170. The van der Waals surface area contributed by atoms with Gasteiger partial charge in [0.05, 0.1) is 0 Å². The number of carboxylic acid groups (broad SMARTS) is 1. The molecule has 102 valence electrons. The molecule has 1 N–H and O–H groups in total. The van der Waals surface area contributed by atoms with Crippen LogP contribution in [0.4, 0.5) is 0 Å². The van der Waals surface area contributed by atoms with Crippen molar-refractivity contribution in [3.8, 4) is 0 Å². The lowest BCUT2D eigenvalue weighted by molar-refractivity contribution is -0.137. The summed E-state index contributed by atoms with van der Waals surface area (Å²) in [6, 6.07) is 3.51. The third kappa shape index (κ3) is 3.53. The zero-order valence-corrected chi connectivity index (χ0v) is 11.0. The molecule has 5 heteroatoms. The van der Waals surface area contributed by atoms with Gasteiger partial charge in [0.2, 0.25) is 0 Å². The molecule has 1 aromatic heterocycles. The first kappa shape index (κ1) is 13.5. The first-order chi connectivity index (χ1) is 9.06. The van der Waals surface area contributed by atoms with Crippen LogP contribution in [0.1, 0.15) is 35.3 Å². The van der Waals surface area contributed by atoms with Gasteiger partial charge in [-0.05, 0) is 37.8 Å². The molecule has 1 unspecified atom stereocenters. The van der Waals surface area contributed by atoms with Gasteiger partial charge >= 0.3 is 5.97 Å². The summed E-state index contributed by atoms with van der Waals surface area (Å²) >= 11 is 0. The molecule has 1 aromatic rings. The Morgan fingerprint density at radius 2 is 2.32 bits per heavy atom. The summed E-state index contributed by atoms with van der Waals surface area (Å²) in [6.45, 7) is 3.23. The third-order valence-electron chi connectivity index (χ3n) is 3.48. The van der Waals surface area contributed by atoms with E-state index in [1.54, 1.807) is 23.2 Å². The van der Waals surface area contributed by atoms with E-state index in [4.69, 9.17) is 5.11 Å². The number of hydrogen-bond donors (Lipinski definition) is 1. The third-order valence-corrected chi connectivity index (χ3v) is 3.48. The Morgan fingerprint density at radius 1 is 1.53 bits per heavy atom. The van der Waals surface area contributed by atoms with Gasteiger partial charge in [-0.25, -0.2) is 0 Å². The van der Waals surface area contributed by atoms with Crippen molar-refractivity contribution in [1.29, 1.82) is 0 Å². The van der Waals surface area contributed by atoms with E-state index >= 15 is 0 Å². The maximum atomic E-state index is 12.3. The molecule has 0 saturated carbocycles. The fourth-order valence-electron chi connectivity index (χ4n) is 2.44. The van der Waals surface area contributed by atoms with E-state index in [-0.39, 0.29) is 12.3 Å². The normalized spacial score (nSPS) is 18.6. The van der Waals surface area contributed by atoms with Crippen LogP contribution in [0.2, 0.25) is 0 Å². The van der Waals surface area contributed by atoms with Crippen molar-refractivity contribution in [2.24, 2.45) is 5.92 Å². The molecule has 1 aliphatic rings. The second kappa shape index (κ2) is 5.82. The van der Waals surface area contributed by atoms with E-state index in [1.165, 1.54) is 0 Å². The lowest BCUT2D eigenvalue weighted by atomic mass is 10.0. The second-order valence-corrected chi connectivity index (χ2v) is 5.02. The van der Waals surface area contributed by atoms with Crippen molar-refractivity contribution in [2.45, 2.75) is 26.2 Å². The quantitative estimate of drug-likeness (QED) is 0.896. The molecule has 0 bridgehead atoms. The number of carbonyl (C=O) groups is 2. The lowest BCUT2D eigenvalue weighted by Crippen LogP contribution is -2.28. The van der Waals surface area contributed by atoms with Gasteiger partial charge in [0.15, 0.2) is 0 Å². The van der Waals surface area contributed by atoms with Gasteiger partial charge in [-0.15, -0.1) is 0 Å². The standard InChI is InChI=1S/C14H18N2O3/c1-10-8-12(4-6-15-10)14(19)16-7-5-11(9-16)2-3-13(17)18/h4,6,8,11H,2-3,5,7,9H2,1H3,(H,17,18). The lowest BCUT2D eigenvalue weighted by Gasteiger charge is -2.16. The number of aromatic nitrogens is 1. The van der Waals surface area contributed by atoms with Gasteiger partial charge in [-0.2, -0.15) is 0 Å². The number of nitrogens with zero attached hydrogens (tertiary/aromatic N) is 2. The average molecular weight is 262 g/mol. The Bertz CT molecular complexity index is 487. The van der Waals surface area contributed by atoms with Crippen molar-refractivity contribution in [3.63, 3.8) is 0 Å². The first-order valence-corrected chi connectivity index (χ1v) is 6.50. The predicted molar refractivity (Wildman–Crippen MR) is 69.9 cm³/mol. The zero-order valence-electron chi connectivity index (χ0n) is 11.0. The number of likely N-dealkylation sites (tertiary alicyclic amines) is 1. The Labute approximate surface area is 112 Å². The molecule has 1 fully saturated rings. The SMILES string of the molecule is Cc1cc(C(=O)N2CCC(CCC(=O)O)C2)ccn1. The van der Waals surface area contributed by atoms with E-state index in [1.807, 2.05) is 6.92 Å². The summed E-state index contributed by atoms with van der Waals surface area (Å²) in [7, 11) is 0. The van der Waals surface area contributed by atoms with Crippen LogP contribution < -0.4 is 0 Å². The average Bonchev–Trinajstić information content (AvgIpc) is 2.84. The fourth-order valence-corrected chi connectivity index (χ4v) is 2.44. The number of pyridine rings is 1. The van der Waals surface area contributed by atoms with Crippen LogP contribution in [0.3, 0.4) is 0 Å². The van der Waals surface area contributed by atoms with Crippen LogP contribution >= 0.6 is 0 Å². The summed E-state index contributed by atoms with van der Waals surface area (Å²) in [6.07, 6.45) is 3.36. The molecule has 0 aromatic carbocycles. The number of carboxylic acids is 1. The van der Waals surface area contributed by atoms with Crippen LogP contribution in [-0.4, -0.2) is 40.0 Å². The Balaban J connectivity index is 1.93. The van der Waals surface area contributed by atoms with Gasteiger partial charge < -0.3 is 10.0 Å². The highest BCUT2D eigenvalue weighted by molar-refractivity contribution is 5.94. The molecule has 2 rings (SSSR count). The largest absolute Gasteiger partial charge is 0.481 e. The highest BCUT2D eigenvalue weighted by Crippen LogP contribution is 2.22. The van der Waals surface area contributed by atoms with E-state index in [0.717, 1.165) is 12.1 Å². The molecule has 1 aliphatic heterocycles. The topological polar surface area (TPSA) is 70.5 Å². The van der Waals surface area contributed by atoms with Crippen molar-refractivity contribution < 1.29 is 14.7 Å². The number of rotatable bonds is 4. The van der Waals surface area contributed by atoms with E-state index < -0.39 is 5.97 Å². The first-order valence-electron chi connectivity index (χ1n) is 6.50. The molecule has 19 heavy (non-hydrogen) atoms. The number of carbonyl (C=O) groups excluding carboxylic acids is 1. The number of aliphatic carboxylic acids is 1. The van der Waals surface area contributed by atoms with Crippen molar-refractivity contribution in [2.75, 3.05) is 13.1 Å². The van der Waals surface area contributed by atoms with Crippen LogP contribution in [0.15, 0.2) is 18.3 Å². The van der Waals surface area contributed by atoms with E-state index in [0.29, 0.717) is 31.0 Å². The maximum Gasteiger partial charge on any atom is 0.303 e. The molecule has 0 aliphatic carbocycles. The van der Waals surface area contributed by atoms with Gasteiger partial charge in [-0.1, -0.05) is 0 Å². The summed E-state index contributed by atoms with van der Waals surface area (Å²) in [5.74, 6) is -0.444. The highest BCUT2D eigenvalue weighted by Gasteiger charge is 2.27. The molecular weight excluding hydrogens is 244 g/mol. The minimum atomic E-state index is -0.769. The number of amides is 1. The Hall–Kier alpha value is -1.91. The van der Waals surface area contributed by atoms with Gasteiger partial charge in [0.25, 0.3) is 5.91 Å². The number of aryl methyl sites for hydroxylation is 1. The fraction of sp³-hybridized carbons (Fsp3) is 0.500. The molecule has 1 amide bonds. The molecule has 1 saturated heterocycles. The molecule has 1 atom stereocenters. The van der Waals surface area contributed by atoms with Gasteiger partial charge in [-0.3, -0.25) is 14.6 Å². The monoisotopic (exact) mass is 262 g/mol. The van der Waals surface area contributed by atoms with Gasteiger partial charge in [0, 0.05) is 37.0 Å². The Kier molecular flexibility index (Phi) is 4.14. The summed E-state index contributed by atoms with van der Waals surface area (Å²) < 4.78 is 0. The zero-order chi connectivity index (χ0) is 13.8. The molecule has 0 spiro atoms. The van der Waals surface area contributed by atoms with Crippen LogP contribution in [0.5, 0.6) is 0 Å². The van der Waals surface area contributed by atoms with Crippen LogP contribution in [-0.2, 0) is 4.79 Å². The maximum absolute atomic E-state index is 12.3. The van der Waals surface area contributed by atoms with E-state index in [2.05, 4.69) is 4.98 Å². The number of hydrogen-bond acceptors (Lipinski definition) is 3. The van der Waals surface area contributed by atoms with Crippen molar-refractivity contribution >= 4 is 11.9 Å². The van der Waals surface area contributed by atoms with Crippen molar-refractivity contribution in [3.05, 3.63) is 29.6 Å².